The van der Waals surface area contributed by atoms with E-state index >= 15 is 0 Å². The number of para-hydroxylation sites is 3. The highest BCUT2D eigenvalue weighted by Gasteiger charge is 2.03. The largest absolute Gasteiger partial charge is 0.508 e. The molecule has 11 aromatic carbocycles. The molecule has 0 aromatic heterocycles. The predicted molar refractivity (Wildman–Crippen MR) is 386 cm³/mol. The highest BCUT2D eigenvalue weighted by molar-refractivity contribution is 9.11. The van der Waals surface area contributed by atoms with Crippen LogP contribution < -0.4 is 57.3 Å². The van der Waals surface area contributed by atoms with Gasteiger partial charge in [-0.2, -0.15) is 0 Å². The molecule has 23 heteroatoms. The minimum Gasteiger partial charge on any atom is -0.508 e. The van der Waals surface area contributed by atoms with E-state index in [9.17, 15) is 10.2 Å². The van der Waals surface area contributed by atoms with E-state index < -0.39 is 0 Å². The Balaban J connectivity index is 0.000000334. The van der Waals surface area contributed by atoms with Crippen LogP contribution in [0.15, 0.2) is 253 Å². The molecule has 0 saturated heterocycles. The zero-order valence-electron chi connectivity index (χ0n) is 47.1. The maximum absolute atomic E-state index is 9.29. The van der Waals surface area contributed by atoms with E-state index in [0.717, 1.165) is 36.8 Å². The number of benzene rings is 11. The average Bonchev–Trinajstić information content (AvgIpc) is 1.79. The molecule has 0 fully saturated rings. The van der Waals surface area contributed by atoms with Crippen LogP contribution in [-0.4, -0.2) is 35.7 Å². The number of nitrogen functional groups attached to an aromatic ring is 10. The zero-order valence-corrected chi connectivity index (χ0v) is 55.8. The van der Waals surface area contributed by atoms with Crippen LogP contribution in [0.25, 0.3) is 10.8 Å². The van der Waals surface area contributed by atoms with Crippen LogP contribution >= 0.6 is 91.3 Å². The summed E-state index contributed by atoms with van der Waals surface area (Å²) in [7, 11) is 0. The molecular weight excluding hydrogens is 1470 g/mol. The molecule has 0 amide bonds. The van der Waals surface area contributed by atoms with Crippen molar-refractivity contribution in [3.05, 3.63) is 263 Å². The molecule has 0 heterocycles. The number of aromatic hydroxyl groups is 7. The highest BCUT2D eigenvalue weighted by Crippen LogP contribution is 2.34. The van der Waals surface area contributed by atoms with Gasteiger partial charge in [-0.25, -0.2) is 0 Å². The number of phenols is 7. The Morgan fingerprint density at radius 1 is 0.307 bits per heavy atom. The van der Waals surface area contributed by atoms with Gasteiger partial charge in [0, 0.05) is 65.9 Å². The molecule has 27 N–H and O–H groups in total. The summed E-state index contributed by atoms with van der Waals surface area (Å²) in [6.07, 6.45) is 0. The van der Waals surface area contributed by atoms with Crippen LogP contribution in [0.2, 0.25) is 5.02 Å². The number of aryl methyl sites for hydroxylation is 1. The number of rotatable bonds is 0. The first kappa shape index (κ1) is 75.1. The standard InChI is InChI=1S/C10H9NO.C7H8BrN.C6H5Br2NO.C6H6BrNO.C6H6BrN.C6H6ClNO.3C6H7NO.C6H7N/c11-10-8-4-2-1-3-7(8)5-6-9(10)12;1-5-2-3-6(9)4-7(5)8;7-4-1-3(9)2-5(8)6(4)10;7-5-3-4(8)1-2-6(5)9;7-5-2-1-3-6(8)4-5;7-5-3-4(8)1-2-6(5)9;7-5-1-3-6(8)4-2-5;7-5-2-1-3-6(8)4-5;7-5-3-1-2-4-6(5)8;7-6-4-2-1-3-5-6/h1-6,12H,11H2;2-4H,9H2,1H3;1-2,10H,9H2;1-3,9H,8H2;1-4H,8H2;1-3,9H,8H2;3*1-4,8H,7H2;1-5H,7H2. The van der Waals surface area contributed by atoms with E-state index in [0.29, 0.717) is 53.2 Å². The first-order chi connectivity index (χ1) is 41.6. The molecule has 0 unspecified atom stereocenters. The lowest BCUT2D eigenvalue weighted by molar-refractivity contribution is 0.468. The highest BCUT2D eigenvalue weighted by atomic mass is 79.9. The summed E-state index contributed by atoms with van der Waals surface area (Å²) in [5, 5.41) is 64.7. The lowest BCUT2D eigenvalue weighted by Gasteiger charge is -2.02. The summed E-state index contributed by atoms with van der Waals surface area (Å²) in [6.45, 7) is 2.03. The monoisotopic (exact) mass is 1530 g/mol. The van der Waals surface area contributed by atoms with Crippen LogP contribution in [0.5, 0.6) is 40.2 Å². The van der Waals surface area contributed by atoms with E-state index in [1.807, 2.05) is 110 Å². The van der Waals surface area contributed by atoms with Crippen LogP contribution in [0.4, 0.5) is 56.9 Å². The molecular formula is C65H68Br5ClN10O7. The summed E-state index contributed by atoms with van der Waals surface area (Å²) in [4.78, 5) is 0. The fraction of sp³-hybridized carbons (Fsp3) is 0.0154. The second-order valence-corrected chi connectivity index (χ2v) is 22.4. The summed E-state index contributed by atoms with van der Waals surface area (Å²) >= 11 is 21.5. The summed E-state index contributed by atoms with van der Waals surface area (Å²) in [5.74, 6) is 1.20. The molecule has 0 radical (unpaired) electrons. The number of phenolic OH excluding ortho intramolecular Hbond substituents is 7. The van der Waals surface area contributed by atoms with Gasteiger partial charge in [-0.1, -0.05) is 122 Å². The van der Waals surface area contributed by atoms with Crippen LogP contribution in [0, 0.1) is 6.92 Å². The average molecular weight is 1540 g/mol. The zero-order chi connectivity index (χ0) is 65.9. The predicted octanol–water partition coefficient (Wildman–Crippen LogP) is 16.6. The molecule has 0 saturated carbocycles. The van der Waals surface area contributed by atoms with Crippen molar-refractivity contribution in [3.8, 4) is 40.2 Å². The Kier molecular flexibility index (Phi) is 34.4. The van der Waals surface area contributed by atoms with E-state index in [4.69, 9.17) is 94.5 Å². The first-order valence-electron chi connectivity index (χ1n) is 25.4. The molecule has 462 valence electrons. The lowest BCUT2D eigenvalue weighted by Crippen LogP contribution is -1.86. The molecule has 0 atom stereocenters. The topological polar surface area (TPSA) is 402 Å². The molecule has 11 aromatic rings. The molecule has 0 aliphatic rings. The maximum atomic E-state index is 9.29. The summed E-state index contributed by atoms with van der Waals surface area (Å²) in [5.41, 5.74) is 61.6. The Morgan fingerprint density at radius 3 is 1.17 bits per heavy atom. The van der Waals surface area contributed by atoms with Crippen LogP contribution in [0.1, 0.15) is 5.56 Å². The Morgan fingerprint density at radius 2 is 0.750 bits per heavy atom. The van der Waals surface area contributed by atoms with Gasteiger partial charge >= 0.3 is 0 Å². The van der Waals surface area contributed by atoms with Gasteiger partial charge in [0.05, 0.1) is 29.8 Å². The van der Waals surface area contributed by atoms with Gasteiger partial charge in [0.1, 0.15) is 40.2 Å². The van der Waals surface area contributed by atoms with Crippen molar-refractivity contribution in [3.63, 3.8) is 0 Å². The smallest absolute Gasteiger partial charge is 0.144 e. The van der Waals surface area contributed by atoms with Crippen molar-refractivity contribution >= 4 is 159 Å². The van der Waals surface area contributed by atoms with Crippen LogP contribution in [-0.2, 0) is 0 Å². The molecule has 11 rings (SSSR count). The maximum Gasteiger partial charge on any atom is 0.144 e. The Labute approximate surface area is 558 Å². The van der Waals surface area contributed by atoms with Gasteiger partial charge < -0.3 is 93.1 Å². The van der Waals surface area contributed by atoms with Crippen molar-refractivity contribution in [2.45, 2.75) is 6.92 Å². The lowest BCUT2D eigenvalue weighted by atomic mass is 10.1. The van der Waals surface area contributed by atoms with E-state index in [1.165, 1.54) is 23.8 Å². The quantitative estimate of drug-likeness (QED) is 0.0381. The van der Waals surface area contributed by atoms with Crippen molar-refractivity contribution in [1.82, 2.24) is 0 Å². The third kappa shape index (κ3) is 31.4. The van der Waals surface area contributed by atoms with Crippen molar-refractivity contribution < 1.29 is 35.7 Å². The number of anilines is 10. The van der Waals surface area contributed by atoms with Gasteiger partial charge in [-0.3, -0.25) is 0 Å². The minimum atomic E-state index is 0.0610. The normalized spacial score (nSPS) is 9.40. The first-order valence-corrected chi connectivity index (χ1v) is 29.7. The Bertz CT molecular complexity index is 3600. The molecule has 0 spiro atoms. The van der Waals surface area contributed by atoms with Gasteiger partial charge in [-0.05, 0) is 211 Å². The minimum absolute atomic E-state index is 0.0610. The SMILES string of the molecule is Cc1ccc(N)cc1Br.Nc1c(O)ccc2ccccc12.Nc1cc(Br)c(O)c(Br)c1.Nc1ccc(O)c(Br)c1.Nc1ccc(O)c(Cl)c1.Nc1ccc(O)cc1.Nc1cccc(Br)c1.Nc1cccc(O)c1.Nc1ccccc1.Nc1ccccc1O. The van der Waals surface area contributed by atoms with Crippen molar-refractivity contribution in [2.75, 3.05) is 57.3 Å². The van der Waals surface area contributed by atoms with Gasteiger partial charge in [0.2, 0.25) is 0 Å². The molecule has 0 aliphatic heterocycles. The fourth-order valence-electron chi connectivity index (χ4n) is 5.97. The van der Waals surface area contributed by atoms with Gasteiger partial charge in [-0.15, -0.1) is 0 Å². The molecule has 0 aliphatic carbocycles. The second-order valence-electron chi connectivity index (χ2n) is 17.7. The van der Waals surface area contributed by atoms with E-state index in [1.54, 1.807) is 109 Å². The van der Waals surface area contributed by atoms with E-state index in [2.05, 4.69) is 79.6 Å². The number of hydrogen-bond donors (Lipinski definition) is 17. The van der Waals surface area contributed by atoms with E-state index in [-0.39, 0.29) is 45.3 Å². The number of halogens is 6. The number of fused-ring (bicyclic) bond motifs is 1. The van der Waals surface area contributed by atoms with Gasteiger partial charge in [0.25, 0.3) is 0 Å². The van der Waals surface area contributed by atoms with Crippen LogP contribution in [0.3, 0.4) is 0 Å². The Hall–Kier alpha value is -9.03. The molecule has 17 nitrogen and oxygen atoms in total. The third-order valence-electron chi connectivity index (χ3n) is 10.5. The fourth-order valence-corrected chi connectivity index (χ4v) is 8.59. The van der Waals surface area contributed by atoms with Gasteiger partial charge in [0.15, 0.2) is 0 Å². The molecule has 88 heavy (non-hydrogen) atoms. The number of nitrogens with two attached hydrogens (primary N) is 10. The summed E-state index contributed by atoms with van der Waals surface area (Å²) < 4.78 is 3.92. The number of hydrogen-bond acceptors (Lipinski definition) is 17. The van der Waals surface area contributed by atoms with Crippen molar-refractivity contribution in [2.24, 2.45) is 0 Å². The van der Waals surface area contributed by atoms with Crippen molar-refractivity contribution in [1.29, 1.82) is 0 Å². The summed E-state index contributed by atoms with van der Waals surface area (Å²) in [6, 6.07) is 66.2. The third-order valence-corrected chi connectivity index (χ3v) is 14.0. The molecule has 0 bridgehead atoms. The second kappa shape index (κ2) is 40.4.